The highest BCUT2D eigenvalue weighted by Gasteiger charge is 2.26. The molecule has 3 atom stereocenters. The normalized spacial score (nSPS) is 15.3. The van der Waals surface area contributed by atoms with E-state index in [-0.39, 0.29) is 35.9 Å². The average molecular weight is 275 g/mol. The Balaban J connectivity index is 2.62. The maximum Gasteiger partial charge on any atom is 0.221 e. The number of ketones is 1. The molecule has 0 aliphatic heterocycles. The summed E-state index contributed by atoms with van der Waals surface area (Å²) in [5.41, 5.74) is 6.57. The number of Topliss-reactive ketones (excluding diaryl/α,β-unsaturated/α-hetero) is 1. The van der Waals surface area contributed by atoms with Gasteiger partial charge in [0.2, 0.25) is 5.91 Å². The van der Waals surface area contributed by atoms with E-state index in [1.54, 1.807) is 0 Å². The summed E-state index contributed by atoms with van der Waals surface area (Å²) in [6, 6.07) is 9.94. The molecule has 0 radical (unpaired) electrons. The van der Waals surface area contributed by atoms with Gasteiger partial charge in [-0.2, -0.15) is 0 Å². The lowest BCUT2D eigenvalue weighted by Crippen LogP contribution is -2.32. The summed E-state index contributed by atoms with van der Waals surface area (Å²) in [7, 11) is 0. The lowest BCUT2D eigenvalue weighted by Gasteiger charge is -2.20. The van der Waals surface area contributed by atoms with Crippen molar-refractivity contribution in [1.82, 2.24) is 0 Å². The number of hydrogen-bond acceptors (Lipinski definition) is 2. The van der Waals surface area contributed by atoms with Crippen LogP contribution in [0.2, 0.25) is 0 Å². The van der Waals surface area contributed by atoms with Crippen LogP contribution in [0.25, 0.3) is 0 Å². The smallest absolute Gasteiger partial charge is 0.221 e. The molecule has 0 fully saturated rings. The molecular weight excluding hydrogens is 250 g/mol. The van der Waals surface area contributed by atoms with Gasteiger partial charge < -0.3 is 5.73 Å². The summed E-state index contributed by atoms with van der Waals surface area (Å²) in [5.74, 6) is -0.507. The van der Waals surface area contributed by atoms with E-state index in [0.717, 1.165) is 12.0 Å². The Bertz CT molecular complexity index is 442. The molecule has 0 unspecified atom stereocenters. The van der Waals surface area contributed by atoms with Crippen LogP contribution < -0.4 is 5.73 Å². The van der Waals surface area contributed by atoms with E-state index in [2.05, 4.69) is 0 Å². The number of carbonyl (C=O) groups excluding carboxylic acids is 2. The minimum atomic E-state index is -0.361. The van der Waals surface area contributed by atoms with Crippen LogP contribution in [0.5, 0.6) is 0 Å². The van der Waals surface area contributed by atoms with Gasteiger partial charge in [-0.05, 0) is 17.9 Å². The minimum absolute atomic E-state index is 0.0803. The van der Waals surface area contributed by atoms with E-state index in [1.165, 1.54) is 0 Å². The molecule has 110 valence electrons. The van der Waals surface area contributed by atoms with Gasteiger partial charge >= 0.3 is 0 Å². The standard InChI is InChI=1S/C17H25NO2/c1-4-12(2)15(17(18)20)11-16(19)13(3)10-14-8-6-5-7-9-14/h5-9,12-13,15H,4,10-11H2,1-3H3,(H2,18,20)/t12-,13-,15-/m0/s1. The summed E-state index contributed by atoms with van der Waals surface area (Å²) in [4.78, 5) is 23.8. The third-order valence-corrected chi connectivity index (χ3v) is 4.05. The highest BCUT2D eigenvalue weighted by molar-refractivity contribution is 5.87. The van der Waals surface area contributed by atoms with Crippen molar-refractivity contribution in [2.24, 2.45) is 23.5 Å². The van der Waals surface area contributed by atoms with Gasteiger partial charge in [-0.25, -0.2) is 0 Å². The third kappa shape index (κ3) is 4.80. The average Bonchev–Trinajstić information content (AvgIpc) is 2.44. The molecule has 1 aromatic rings. The fourth-order valence-electron chi connectivity index (χ4n) is 2.37. The van der Waals surface area contributed by atoms with Crippen LogP contribution in [-0.2, 0) is 16.0 Å². The molecule has 0 aliphatic rings. The zero-order valence-electron chi connectivity index (χ0n) is 12.6. The fourth-order valence-corrected chi connectivity index (χ4v) is 2.37. The number of amides is 1. The fraction of sp³-hybridized carbons (Fsp3) is 0.529. The van der Waals surface area contributed by atoms with Gasteiger partial charge in [0.25, 0.3) is 0 Å². The molecule has 0 aromatic heterocycles. The van der Waals surface area contributed by atoms with Crippen molar-refractivity contribution in [2.45, 2.75) is 40.0 Å². The minimum Gasteiger partial charge on any atom is -0.369 e. The molecule has 1 aromatic carbocycles. The second kappa shape index (κ2) is 7.83. The Labute approximate surface area is 121 Å². The first kappa shape index (κ1) is 16.4. The molecule has 0 heterocycles. The molecule has 0 saturated carbocycles. The van der Waals surface area contributed by atoms with Gasteiger partial charge in [0.05, 0.1) is 0 Å². The van der Waals surface area contributed by atoms with Gasteiger partial charge in [0.1, 0.15) is 5.78 Å². The Morgan fingerprint density at radius 1 is 1.15 bits per heavy atom. The molecule has 1 rings (SSSR count). The van der Waals surface area contributed by atoms with Crippen molar-refractivity contribution in [3.05, 3.63) is 35.9 Å². The Hall–Kier alpha value is -1.64. The molecule has 1 amide bonds. The summed E-state index contributed by atoms with van der Waals surface area (Å²) in [5, 5.41) is 0. The number of nitrogens with two attached hydrogens (primary N) is 1. The van der Waals surface area contributed by atoms with E-state index >= 15 is 0 Å². The van der Waals surface area contributed by atoms with Crippen LogP contribution in [0.4, 0.5) is 0 Å². The number of primary amides is 1. The third-order valence-electron chi connectivity index (χ3n) is 4.05. The molecule has 0 aliphatic carbocycles. The number of hydrogen-bond donors (Lipinski definition) is 1. The van der Waals surface area contributed by atoms with Gasteiger partial charge in [0.15, 0.2) is 0 Å². The van der Waals surface area contributed by atoms with Gasteiger partial charge in [-0.1, -0.05) is 57.5 Å². The summed E-state index contributed by atoms with van der Waals surface area (Å²) >= 11 is 0. The van der Waals surface area contributed by atoms with Crippen molar-refractivity contribution >= 4 is 11.7 Å². The first-order valence-corrected chi connectivity index (χ1v) is 7.31. The van der Waals surface area contributed by atoms with Gasteiger partial charge in [-0.3, -0.25) is 9.59 Å². The quantitative estimate of drug-likeness (QED) is 0.793. The molecule has 3 nitrogen and oxygen atoms in total. The van der Waals surface area contributed by atoms with E-state index in [9.17, 15) is 9.59 Å². The van der Waals surface area contributed by atoms with Crippen molar-refractivity contribution in [1.29, 1.82) is 0 Å². The Morgan fingerprint density at radius 2 is 1.75 bits per heavy atom. The lowest BCUT2D eigenvalue weighted by atomic mass is 9.83. The monoisotopic (exact) mass is 275 g/mol. The summed E-state index contributed by atoms with van der Waals surface area (Å²) in [6.07, 6.45) is 1.83. The summed E-state index contributed by atoms with van der Waals surface area (Å²) in [6.45, 7) is 5.91. The lowest BCUT2D eigenvalue weighted by molar-refractivity contribution is -0.130. The zero-order valence-corrected chi connectivity index (χ0v) is 12.6. The van der Waals surface area contributed by atoms with Crippen LogP contribution in [0.1, 0.15) is 39.2 Å². The SMILES string of the molecule is CC[C@H](C)[C@H](CC(=O)[C@@H](C)Cc1ccccc1)C(N)=O. The predicted molar refractivity (Wildman–Crippen MR) is 81.1 cm³/mol. The van der Waals surface area contributed by atoms with Crippen LogP contribution in [0, 0.1) is 17.8 Å². The van der Waals surface area contributed by atoms with E-state index in [1.807, 2.05) is 51.1 Å². The van der Waals surface area contributed by atoms with Crippen molar-refractivity contribution in [3.63, 3.8) is 0 Å². The number of rotatable bonds is 8. The molecule has 3 heteroatoms. The molecule has 0 spiro atoms. The maximum atomic E-state index is 12.3. The zero-order chi connectivity index (χ0) is 15.1. The highest BCUT2D eigenvalue weighted by atomic mass is 16.1. The maximum absolute atomic E-state index is 12.3. The van der Waals surface area contributed by atoms with Crippen LogP contribution in [0.15, 0.2) is 30.3 Å². The first-order valence-electron chi connectivity index (χ1n) is 7.31. The van der Waals surface area contributed by atoms with Crippen molar-refractivity contribution < 1.29 is 9.59 Å². The second-order valence-electron chi connectivity index (χ2n) is 5.66. The van der Waals surface area contributed by atoms with Crippen molar-refractivity contribution in [3.8, 4) is 0 Å². The molecule has 20 heavy (non-hydrogen) atoms. The van der Waals surface area contributed by atoms with E-state index in [0.29, 0.717) is 6.42 Å². The highest BCUT2D eigenvalue weighted by Crippen LogP contribution is 2.22. The second-order valence-corrected chi connectivity index (χ2v) is 5.66. The van der Waals surface area contributed by atoms with Crippen LogP contribution in [0.3, 0.4) is 0 Å². The van der Waals surface area contributed by atoms with Crippen LogP contribution in [-0.4, -0.2) is 11.7 Å². The Morgan fingerprint density at radius 3 is 2.25 bits per heavy atom. The van der Waals surface area contributed by atoms with Gasteiger partial charge in [0, 0.05) is 18.3 Å². The molecule has 2 N–H and O–H groups in total. The van der Waals surface area contributed by atoms with Gasteiger partial charge in [-0.15, -0.1) is 0 Å². The summed E-state index contributed by atoms with van der Waals surface area (Å²) < 4.78 is 0. The van der Waals surface area contributed by atoms with E-state index in [4.69, 9.17) is 5.73 Å². The van der Waals surface area contributed by atoms with E-state index < -0.39 is 0 Å². The number of carbonyl (C=O) groups is 2. The number of benzene rings is 1. The van der Waals surface area contributed by atoms with Crippen LogP contribution >= 0.6 is 0 Å². The topological polar surface area (TPSA) is 60.2 Å². The molecular formula is C17H25NO2. The largest absolute Gasteiger partial charge is 0.369 e. The van der Waals surface area contributed by atoms with Crippen molar-refractivity contribution in [2.75, 3.05) is 0 Å². The molecule has 0 saturated heterocycles. The Kier molecular flexibility index (Phi) is 6.43. The molecule has 0 bridgehead atoms. The predicted octanol–water partition coefficient (Wildman–Crippen LogP) is 2.97. The first-order chi connectivity index (χ1) is 9.45.